The summed E-state index contributed by atoms with van der Waals surface area (Å²) in [5.41, 5.74) is 3.67. The number of allylic oxidation sites excluding steroid dienone is 8. The summed E-state index contributed by atoms with van der Waals surface area (Å²) in [7, 11) is 3.81. The zero-order chi connectivity index (χ0) is 24.9. The number of carbonyl (C=O) groups is 4. The van der Waals surface area contributed by atoms with E-state index in [1.54, 1.807) is 12.2 Å². The lowest BCUT2D eigenvalue weighted by Crippen LogP contribution is -2.26. The van der Waals surface area contributed by atoms with Crippen LogP contribution in [0.5, 0.6) is 0 Å². The number of carbonyl (C=O) groups excluding carboxylic acids is 4. The zero-order valence-electron chi connectivity index (χ0n) is 20.6. The summed E-state index contributed by atoms with van der Waals surface area (Å²) in [5, 5.41) is 0. The van der Waals surface area contributed by atoms with Crippen LogP contribution in [-0.2, 0) is 19.2 Å². The molecule has 0 spiro atoms. The third-order valence-electron chi connectivity index (χ3n) is 5.83. The molecule has 0 amide bonds. The molecule has 0 saturated carbocycles. The molecule has 2 aliphatic carbocycles. The lowest BCUT2D eigenvalue weighted by atomic mass is 9.77. The molecule has 0 aliphatic heterocycles. The third kappa shape index (κ3) is 4.87. The first-order valence-electron chi connectivity index (χ1n) is 11.0. The zero-order valence-corrected chi connectivity index (χ0v) is 20.6. The number of Topliss-reactive ketones (excluding diaryl/α,β-unsaturated/α-hetero) is 2. The number of hydrogen-bond acceptors (Lipinski definition) is 5. The first kappa shape index (κ1) is 24.3. The van der Waals surface area contributed by atoms with Gasteiger partial charge in [0.25, 0.3) is 0 Å². The third-order valence-corrected chi connectivity index (χ3v) is 5.83. The average molecular weight is 446 g/mol. The second-order valence-electron chi connectivity index (χ2n) is 10.9. The van der Waals surface area contributed by atoms with Crippen LogP contribution in [0.15, 0.2) is 53.6 Å². The largest absolute Gasteiger partial charge is 0.378 e. The number of ketones is 4. The van der Waals surface area contributed by atoms with Gasteiger partial charge in [-0.3, -0.25) is 19.2 Å². The van der Waals surface area contributed by atoms with Crippen LogP contribution in [0.4, 0.5) is 5.69 Å². The number of nitrogens with zero attached hydrogens (tertiary/aromatic N) is 1. The fourth-order valence-electron chi connectivity index (χ4n) is 3.85. The van der Waals surface area contributed by atoms with Crippen molar-refractivity contribution in [2.75, 3.05) is 19.0 Å². The predicted molar refractivity (Wildman–Crippen MR) is 132 cm³/mol. The summed E-state index contributed by atoms with van der Waals surface area (Å²) >= 11 is 0. The number of rotatable bonds is 3. The van der Waals surface area contributed by atoms with Gasteiger partial charge in [0.2, 0.25) is 23.1 Å². The van der Waals surface area contributed by atoms with Crippen molar-refractivity contribution in [1.82, 2.24) is 0 Å². The van der Waals surface area contributed by atoms with E-state index in [1.807, 2.05) is 78.7 Å². The van der Waals surface area contributed by atoms with E-state index >= 15 is 0 Å². The van der Waals surface area contributed by atoms with Crippen molar-refractivity contribution in [3.05, 3.63) is 64.8 Å². The Morgan fingerprint density at radius 2 is 0.939 bits per heavy atom. The highest BCUT2D eigenvalue weighted by atomic mass is 16.2. The standard InChI is InChI=1S/C28H31NO4/c1-27(2,3)21-12-18(14-23(30)25(21)32)16-9-17(11-20(10-16)29(7)8)19-13-22(28(4,5)6)26(33)24(31)15-19/h9-15H,1-8H3. The van der Waals surface area contributed by atoms with Crippen molar-refractivity contribution < 1.29 is 19.2 Å². The Bertz CT molecular complexity index is 1120. The fourth-order valence-corrected chi connectivity index (χ4v) is 3.85. The maximum Gasteiger partial charge on any atom is 0.229 e. The molecule has 0 aromatic heterocycles. The minimum absolute atomic E-state index is 0.467. The SMILES string of the molecule is CN(C)c1cc(C2=CC(=O)C(=O)C(C(C)(C)C)=C2)cc(C2=CC(=O)C(=O)C(C(C)(C)C)=C2)c1. The predicted octanol–water partition coefficient (Wildman–Crippen LogP) is 4.77. The molecule has 1 aromatic rings. The number of hydrogen-bond donors (Lipinski definition) is 0. The molecule has 0 atom stereocenters. The van der Waals surface area contributed by atoms with Crippen LogP contribution in [0.25, 0.3) is 11.1 Å². The second kappa shape index (κ2) is 8.22. The van der Waals surface area contributed by atoms with Gasteiger partial charge < -0.3 is 4.90 Å². The maximum absolute atomic E-state index is 12.5. The summed E-state index contributed by atoms with van der Waals surface area (Å²) < 4.78 is 0. The van der Waals surface area contributed by atoms with Gasteiger partial charge in [0.15, 0.2) is 0 Å². The highest BCUT2D eigenvalue weighted by molar-refractivity contribution is 6.50. The molecule has 0 radical (unpaired) electrons. The Hall–Kier alpha value is -3.34. The quantitative estimate of drug-likeness (QED) is 0.495. The van der Waals surface area contributed by atoms with E-state index in [0.29, 0.717) is 22.3 Å². The normalized spacial score (nSPS) is 17.5. The van der Waals surface area contributed by atoms with Gasteiger partial charge in [-0.25, -0.2) is 0 Å². The molecule has 0 N–H and O–H groups in total. The van der Waals surface area contributed by atoms with Gasteiger partial charge in [0, 0.05) is 30.9 Å². The minimum atomic E-state index is -0.540. The van der Waals surface area contributed by atoms with Gasteiger partial charge in [-0.2, -0.15) is 0 Å². The van der Waals surface area contributed by atoms with Crippen LogP contribution in [0.3, 0.4) is 0 Å². The van der Waals surface area contributed by atoms with Crippen molar-refractivity contribution in [1.29, 1.82) is 0 Å². The van der Waals surface area contributed by atoms with Crippen molar-refractivity contribution in [3.8, 4) is 0 Å². The van der Waals surface area contributed by atoms with E-state index < -0.39 is 34.0 Å². The summed E-state index contributed by atoms with van der Waals surface area (Å²) in [6, 6.07) is 5.78. The Balaban J connectivity index is 2.21. The smallest absolute Gasteiger partial charge is 0.229 e. The molecular formula is C28H31NO4. The van der Waals surface area contributed by atoms with Crippen molar-refractivity contribution in [2.24, 2.45) is 10.8 Å². The van der Waals surface area contributed by atoms with E-state index in [2.05, 4.69) is 0 Å². The Kier molecular flexibility index (Phi) is 6.05. The molecule has 0 unspecified atom stereocenters. The van der Waals surface area contributed by atoms with Crippen molar-refractivity contribution in [3.63, 3.8) is 0 Å². The molecule has 0 fully saturated rings. The van der Waals surface area contributed by atoms with E-state index in [9.17, 15) is 19.2 Å². The van der Waals surface area contributed by atoms with E-state index in [-0.39, 0.29) is 0 Å². The molecule has 3 rings (SSSR count). The molecule has 0 saturated heterocycles. The molecule has 1 aromatic carbocycles. The summed E-state index contributed by atoms with van der Waals surface area (Å²) in [5.74, 6) is -2.04. The number of benzene rings is 1. The Morgan fingerprint density at radius 1 is 0.576 bits per heavy atom. The maximum atomic E-state index is 12.5. The molecule has 0 bridgehead atoms. The van der Waals surface area contributed by atoms with E-state index in [4.69, 9.17) is 0 Å². The molecule has 0 heterocycles. The molecule has 2 aliphatic rings. The lowest BCUT2D eigenvalue weighted by molar-refractivity contribution is -0.132. The van der Waals surface area contributed by atoms with Gasteiger partial charge in [-0.05, 0) is 75.6 Å². The van der Waals surface area contributed by atoms with E-state index in [1.165, 1.54) is 12.2 Å². The highest BCUT2D eigenvalue weighted by Crippen LogP contribution is 2.37. The molecule has 172 valence electrons. The monoisotopic (exact) mass is 445 g/mol. The molecule has 5 heteroatoms. The van der Waals surface area contributed by atoms with Crippen LogP contribution in [0.1, 0.15) is 52.7 Å². The van der Waals surface area contributed by atoms with Gasteiger partial charge in [0.05, 0.1) is 0 Å². The minimum Gasteiger partial charge on any atom is -0.378 e. The lowest BCUT2D eigenvalue weighted by Gasteiger charge is -2.26. The average Bonchev–Trinajstić information content (AvgIpc) is 2.69. The van der Waals surface area contributed by atoms with Crippen LogP contribution in [0, 0.1) is 10.8 Å². The van der Waals surface area contributed by atoms with E-state index in [0.717, 1.165) is 16.8 Å². The molecule has 33 heavy (non-hydrogen) atoms. The Labute approximate surface area is 195 Å². The van der Waals surface area contributed by atoms with Crippen LogP contribution < -0.4 is 4.90 Å². The van der Waals surface area contributed by atoms with Gasteiger partial charge in [-0.1, -0.05) is 41.5 Å². The highest BCUT2D eigenvalue weighted by Gasteiger charge is 2.32. The van der Waals surface area contributed by atoms with Crippen LogP contribution in [0.2, 0.25) is 0 Å². The second-order valence-corrected chi connectivity index (χ2v) is 10.9. The first-order chi connectivity index (χ1) is 15.1. The van der Waals surface area contributed by atoms with Gasteiger partial charge in [0.1, 0.15) is 0 Å². The fraction of sp³-hybridized carbons (Fsp3) is 0.357. The molecular weight excluding hydrogens is 414 g/mol. The molecule has 5 nitrogen and oxygen atoms in total. The summed E-state index contributed by atoms with van der Waals surface area (Å²) in [6.07, 6.45) is 6.30. The summed E-state index contributed by atoms with van der Waals surface area (Å²) in [4.78, 5) is 51.9. The number of anilines is 1. The first-order valence-corrected chi connectivity index (χ1v) is 11.0. The van der Waals surface area contributed by atoms with Crippen molar-refractivity contribution in [2.45, 2.75) is 41.5 Å². The topological polar surface area (TPSA) is 71.5 Å². The van der Waals surface area contributed by atoms with Crippen LogP contribution >= 0.6 is 0 Å². The van der Waals surface area contributed by atoms with Gasteiger partial charge >= 0.3 is 0 Å². The Morgan fingerprint density at radius 3 is 1.24 bits per heavy atom. The van der Waals surface area contributed by atoms with Crippen LogP contribution in [-0.4, -0.2) is 37.2 Å². The van der Waals surface area contributed by atoms with Crippen molar-refractivity contribution >= 4 is 40.0 Å². The van der Waals surface area contributed by atoms with Gasteiger partial charge in [-0.15, -0.1) is 0 Å². The summed E-state index contributed by atoms with van der Waals surface area (Å²) in [6.45, 7) is 11.4.